The molecular weight excluding hydrogens is 461 g/mol. The number of ether oxygens (including phenoxy) is 2. The molecule has 35 heavy (non-hydrogen) atoms. The van der Waals surface area contributed by atoms with Gasteiger partial charge in [-0.25, -0.2) is 0 Å². The summed E-state index contributed by atoms with van der Waals surface area (Å²) < 4.78 is 47.8. The Bertz CT molecular complexity index is 1280. The zero-order chi connectivity index (χ0) is 24.6. The van der Waals surface area contributed by atoms with Gasteiger partial charge in [-0.1, -0.05) is 36.4 Å². The van der Waals surface area contributed by atoms with Gasteiger partial charge in [0.25, 0.3) is 0 Å². The standard InChI is InChI=1S/C26H21F3N2O4/c27-26(28,29)24(33)30-14-16-4-6-17(7-5-16)20-3-1-2-19(31-20)13-23(32)25(10-11-25)18-8-9-21-22(12-18)35-15-34-21/h1-9,12H,10-11,13-15H2,(H,30,33). The predicted octanol–water partition coefficient (Wildman–Crippen LogP) is 4.50. The van der Waals surface area contributed by atoms with E-state index >= 15 is 0 Å². The van der Waals surface area contributed by atoms with Crippen LogP contribution in [0.4, 0.5) is 13.2 Å². The highest BCUT2D eigenvalue weighted by atomic mass is 19.4. The maximum absolute atomic E-state index is 13.3. The zero-order valence-corrected chi connectivity index (χ0v) is 18.5. The lowest BCUT2D eigenvalue weighted by Gasteiger charge is -2.15. The van der Waals surface area contributed by atoms with Gasteiger partial charge in [-0.05, 0) is 48.2 Å². The van der Waals surface area contributed by atoms with Crippen molar-refractivity contribution in [3.05, 3.63) is 77.5 Å². The van der Waals surface area contributed by atoms with Crippen molar-refractivity contribution in [2.24, 2.45) is 0 Å². The second-order valence-electron chi connectivity index (χ2n) is 8.64. The molecule has 0 saturated heterocycles. The summed E-state index contributed by atoms with van der Waals surface area (Å²) >= 11 is 0. The molecule has 5 rings (SSSR count). The van der Waals surface area contributed by atoms with Crippen LogP contribution in [0.3, 0.4) is 0 Å². The predicted molar refractivity (Wildman–Crippen MR) is 120 cm³/mol. The highest BCUT2D eigenvalue weighted by Crippen LogP contribution is 2.51. The Labute approximate surface area is 199 Å². The molecule has 1 aliphatic heterocycles. The van der Waals surface area contributed by atoms with Crippen LogP contribution < -0.4 is 14.8 Å². The fraction of sp³-hybridized carbons (Fsp3) is 0.269. The molecule has 1 fully saturated rings. The molecule has 3 aromatic rings. The smallest absolute Gasteiger partial charge is 0.454 e. The number of amides is 1. The normalized spacial score (nSPS) is 15.5. The molecule has 2 heterocycles. The number of alkyl halides is 3. The number of halogens is 3. The number of fused-ring (bicyclic) bond motifs is 1. The second-order valence-corrected chi connectivity index (χ2v) is 8.64. The Morgan fingerprint density at radius 3 is 2.43 bits per heavy atom. The summed E-state index contributed by atoms with van der Waals surface area (Å²) in [6, 6.07) is 17.8. The van der Waals surface area contributed by atoms with Crippen molar-refractivity contribution in [3.63, 3.8) is 0 Å². The zero-order valence-electron chi connectivity index (χ0n) is 18.5. The first-order valence-electron chi connectivity index (χ1n) is 11.1. The van der Waals surface area contributed by atoms with Gasteiger partial charge in [0.05, 0.1) is 11.1 Å². The fourth-order valence-electron chi connectivity index (χ4n) is 4.20. The number of Topliss-reactive ketones (excluding diaryl/α,β-unsaturated/α-hetero) is 1. The van der Waals surface area contributed by atoms with Crippen LogP contribution in [-0.4, -0.2) is 29.6 Å². The maximum Gasteiger partial charge on any atom is 0.471 e. The van der Waals surface area contributed by atoms with Crippen LogP contribution in [0.2, 0.25) is 0 Å². The van der Waals surface area contributed by atoms with E-state index in [2.05, 4.69) is 4.98 Å². The third-order valence-electron chi connectivity index (χ3n) is 6.32. The summed E-state index contributed by atoms with van der Waals surface area (Å²) in [5, 5.41) is 1.84. The van der Waals surface area contributed by atoms with Gasteiger partial charge < -0.3 is 14.8 Å². The van der Waals surface area contributed by atoms with Crippen LogP contribution in [-0.2, 0) is 28.0 Å². The Balaban J connectivity index is 1.26. The average Bonchev–Trinajstić information content (AvgIpc) is 3.53. The van der Waals surface area contributed by atoms with Crippen LogP contribution >= 0.6 is 0 Å². The van der Waals surface area contributed by atoms with E-state index in [1.807, 2.05) is 29.6 Å². The number of benzene rings is 2. The third-order valence-corrected chi connectivity index (χ3v) is 6.32. The minimum absolute atomic E-state index is 0.0942. The first-order chi connectivity index (χ1) is 16.7. The van der Waals surface area contributed by atoms with E-state index in [-0.39, 0.29) is 25.5 Å². The number of pyridine rings is 1. The molecule has 1 aliphatic carbocycles. The quantitative estimate of drug-likeness (QED) is 0.537. The molecular formula is C26H21F3N2O4. The monoisotopic (exact) mass is 482 g/mol. The lowest BCUT2D eigenvalue weighted by molar-refractivity contribution is -0.173. The van der Waals surface area contributed by atoms with Gasteiger partial charge in [0.2, 0.25) is 6.79 Å². The van der Waals surface area contributed by atoms with E-state index in [1.165, 1.54) is 0 Å². The molecule has 0 unspecified atom stereocenters. The summed E-state index contributed by atoms with van der Waals surface area (Å²) in [4.78, 5) is 28.9. The van der Waals surface area contributed by atoms with E-state index < -0.39 is 17.5 Å². The van der Waals surface area contributed by atoms with Crippen molar-refractivity contribution in [1.29, 1.82) is 0 Å². The number of nitrogens with zero attached hydrogens (tertiary/aromatic N) is 1. The summed E-state index contributed by atoms with van der Waals surface area (Å²) in [5.74, 6) is -0.546. The largest absolute Gasteiger partial charge is 0.471 e. The summed E-state index contributed by atoms with van der Waals surface area (Å²) in [5.41, 5.74) is 2.96. The van der Waals surface area contributed by atoms with Crippen molar-refractivity contribution < 1.29 is 32.2 Å². The first kappa shape index (κ1) is 22.9. The van der Waals surface area contributed by atoms with Gasteiger partial charge >= 0.3 is 12.1 Å². The topological polar surface area (TPSA) is 77.5 Å². The van der Waals surface area contributed by atoms with Crippen LogP contribution in [0, 0.1) is 0 Å². The minimum Gasteiger partial charge on any atom is -0.454 e. The lowest BCUT2D eigenvalue weighted by Crippen LogP contribution is -2.36. The SMILES string of the molecule is O=C(NCc1ccc(-c2cccc(CC(=O)C3(c4ccc5c(c4)OCO5)CC3)n2)cc1)C(F)(F)F. The first-order valence-corrected chi connectivity index (χ1v) is 11.1. The van der Waals surface area contributed by atoms with Gasteiger partial charge in [-0.15, -0.1) is 0 Å². The summed E-state index contributed by atoms with van der Waals surface area (Å²) in [6.07, 6.45) is -3.18. The minimum atomic E-state index is -4.91. The van der Waals surface area contributed by atoms with Crippen LogP contribution in [0.15, 0.2) is 60.7 Å². The molecule has 1 amide bonds. The van der Waals surface area contributed by atoms with Crippen LogP contribution in [0.25, 0.3) is 11.3 Å². The van der Waals surface area contributed by atoms with Crippen molar-refractivity contribution in [2.45, 2.75) is 37.4 Å². The molecule has 180 valence electrons. The maximum atomic E-state index is 13.3. The Kier molecular flexibility index (Phi) is 5.70. The molecule has 0 bridgehead atoms. The number of carbonyl (C=O) groups excluding carboxylic acids is 2. The van der Waals surface area contributed by atoms with Crippen LogP contribution in [0.1, 0.15) is 29.7 Å². The molecule has 1 saturated carbocycles. The third kappa shape index (κ3) is 4.71. The van der Waals surface area contributed by atoms with E-state index in [1.54, 1.807) is 36.4 Å². The molecule has 0 radical (unpaired) electrons. The molecule has 2 aromatic carbocycles. The van der Waals surface area contributed by atoms with Gasteiger partial charge in [0, 0.05) is 24.2 Å². The van der Waals surface area contributed by atoms with E-state index in [9.17, 15) is 22.8 Å². The van der Waals surface area contributed by atoms with Crippen molar-refractivity contribution >= 4 is 11.7 Å². The molecule has 0 atom stereocenters. The Morgan fingerprint density at radius 1 is 0.971 bits per heavy atom. The number of aromatic nitrogens is 1. The number of hydrogen-bond acceptors (Lipinski definition) is 5. The highest BCUT2D eigenvalue weighted by molar-refractivity contribution is 5.94. The molecule has 0 spiro atoms. The van der Waals surface area contributed by atoms with Gasteiger partial charge in [-0.3, -0.25) is 14.6 Å². The highest BCUT2D eigenvalue weighted by Gasteiger charge is 2.51. The number of rotatable bonds is 7. The Hall–Kier alpha value is -3.88. The van der Waals surface area contributed by atoms with Crippen molar-refractivity contribution in [1.82, 2.24) is 10.3 Å². The number of nitrogens with one attached hydrogen (secondary N) is 1. The van der Waals surface area contributed by atoms with Crippen molar-refractivity contribution in [2.75, 3.05) is 6.79 Å². The van der Waals surface area contributed by atoms with E-state index in [0.717, 1.165) is 24.0 Å². The molecule has 1 aromatic heterocycles. The lowest BCUT2D eigenvalue weighted by atomic mass is 9.88. The number of ketones is 1. The molecule has 6 nitrogen and oxygen atoms in total. The summed E-state index contributed by atoms with van der Waals surface area (Å²) in [7, 11) is 0. The van der Waals surface area contributed by atoms with Gasteiger partial charge in [-0.2, -0.15) is 13.2 Å². The fourth-order valence-corrected chi connectivity index (χ4v) is 4.20. The second kappa shape index (κ2) is 8.72. The number of hydrogen-bond donors (Lipinski definition) is 1. The molecule has 2 aliphatic rings. The van der Waals surface area contributed by atoms with Crippen LogP contribution in [0.5, 0.6) is 11.5 Å². The molecule has 9 heteroatoms. The van der Waals surface area contributed by atoms with E-state index in [4.69, 9.17) is 9.47 Å². The average molecular weight is 482 g/mol. The molecule has 1 N–H and O–H groups in total. The van der Waals surface area contributed by atoms with Crippen molar-refractivity contribution in [3.8, 4) is 22.8 Å². The van der Waals surface area contributed by atoms with E-state index in [0.29, 0.717) is 28.5 Å². The number of carbonyl (C=O) groups is 2. The van der Waals surface area contributed by atoms with Gasteiger partial charge in [0.1, 0.15) is 5.78 Å². The Morgan fingerprint density at radius 2 is 1.71 bits per heavy atom. The summed E-state index contributed by atoms with van der Waals surface area (Å²) in [6.45, 7) is -0.0534. The van der Waals surface area contributed by atoms with Gasteiger partial charge in [0.15, 0.2) is 11.5 Å².